The van der Waals surface area contributed by atoms with E-state index in [4.69, 9.17) is 0 Å². The topological polar surface area (TPSA) is 0 Å². The van der Waals surface area contributed by atoms with Gasteiger partial charge in [-0.15, -0.1) is 0 Å². The highest BCUT2D eigenvalue weighted by molar-refractivity contribution is 5.29. The third-order valence-corrected chi connectivity index (χ3v) is 6.45. The van der Waals surface area contributed by atoms with E-state index in [1.54, 1.807) is 16.7 Å². The Morgan fingerprint density at radius 3 is 2.60 bits per heavy atom. The van der Waals surface area contributed by atoms with Gasteiger partial charge in [-0.2, -0.15) is 0 Å². The van der Waals surface area contributed by atoms with Crippen molar-refractivity contribution in [3.05, 3.63) is 22.8 Å². The van der Waals surface area contributed by atoms with Crippen molar-refractivity contribution in [1.82, 2.24) is 0 Å². The second kappa shape index (κ2) is 5.70. The third-order valence-electron chi connectivity index (χ3n) is 6.45. The summed E-state index contributed by atoms with van der Waals surface area (Å²) in [5.41, 5.74) is 6.03. The van der Waals surface area contributed by atoms with E-state index in [9.17, 15) is 0 Å². The number of allylic oxidation sites excluding steroid dienone is 4. The van der Waals surface area contributed by atoms with E-state index < -0.39 is 0 Å². The van der Waals surface area contributed by atoms with Crippen LogP contribution in [0.15, 0.2) is 22.8 Å². The lowest BCUT2D eigenvalue weighted by molar-refractivity contribution is 0.0114. The van der Waals surface area contributed by atoms with Crippen molar-refractivity contribution in [2.45, 2.75) is 86.5 Å². The summed E-state index contributed by atoms with van der Waals surface area (Å²) in [5, 5.41) is 0. The van der Waals surface area contributed by atoms with Crippen molar-refractivity contribution in [1.29, 1.82) is 0 Å². The molecule has 1 saturated carbocycles. The van der Waals surface area contributed by atoms with Gasteiger partial charge in [0, 0.05) is 0 Å². The monoisotopic (exact) mass is 274 g/mol. The van der Waals surface area contributed by atoms with Gasteiger partial charge in [0.15, 0.2) is 0 Å². The van der Waals surface area contributed by atoms with Gasteiger partial charge < -0.3 is 0 Å². The van der Waals surface area contributed by atoms with Gasteiger partial charge in [-0.25, -0.2) is 0 Å². The molecule has 2 aliphatic carbocycles. The van der Waals surface area contributed by atoms with Crippen LogP contribution in [0.25, 0.3) is 0 Å². The summed E-state index contributed by atoms with van der Waals surface area (Å²) in [6.07, 6.45) is 11.9. The molecule has 0 spiro atoms. The Balaban J connectivity index is 2.33. The molecular weight excluding hydrogens is 240 g/mol. The van der Waals surface area contributed by atoms with Gasteiger partial charge in [-0.3, -0.25) is 0 Å². The lowest BCUT2D eigenvalue weighted by atomic mass is 9.50. The van der Waals surface area contributed by atoms with Crippen molar-refractivity contribution in [3.63, 3.8) is 0 Å². The summed E-state index contributed by atoms with van der Waals surface area (Å²) in [6, 6.07) is 0. The molecule has 0 aromatic carbocycles. The third kappa shape index (κ3) is 2.76. The van der Waals surface area contributed by atoms with Crippen molar-refractivity contribution < 1.29 is 0 Å². The fraction of sp³-hybridized carbons (Fsp3) is 0.800. The van der Waals surface area contributed by atoms with E-state index in [0.29, 0.717) is 10.8 Å². The molecule has 0 saturated heterocycles. The van der Waals surface area contributed by atoms with Crippen molar-refractivity contribution in [2.75, 3.05) is 0 Å². The Morgan fingerprint density at radius 2 is 1.95 bits per heavy atom. The van der Waals surface area contributed by atoms with Crippen LogP contribution in [0.1, 0.15) is 86.5 Å². The first-order valence-corrected chi connectivity index (χ1v) is 8.66. The summed E-state index contributed by atoms with van der Waals surface area (Å²) in [5.74, 6) is 0.887. The van der Waals surface area contributed by atoms with Crippen LogP contribution < -0.4 is 0 Å². The summed E-state index contributed by atoms with van der Waals surface area (Å²) < 4.78 is 0. The van der Waals surface area contributed by atoms with Crippen LogP contribution in [0.5, 0.6) is 0 Å². The van der Waals surface area contributed by atoms with E-state index in [2.05, 4.69) is 47.6 Å². The molecule has 0 N–H and O–H groups in total. The smallest absolute Gasteiger partial charge is 0.00773 e. The normalized spacial score (nSPS) is 34.1. The molecular formula is C20H34. The second-order valence-corrected chi connectivity index (χ2v) is 8.22. The lowest BCUT2D eigenvalue weighted by Crippen LogP contribution is -2.45. The number of fused-ring (bicyclic) bond motifs is 1. The predicted octanol–water partition coefficient (Wildman–Crippen LogP) is 6.68. The maximum absolute atomic E-state index is 2.58. The van der Waals surface area contributed by atoms with Crippen LogP contribution >= 0.6 is 0 Å². The van der Waals surface area contributed by atoms with E-state index >= 15 is 0 Å². The van der Waals surface area contributed by atoms with Crippen LogP contribution in [0.3, 0.4) is 0 Å². The molecule has 0 radical (unpaired) electrons. The zero-order valence-electron chi connectivity index (χ0n) is 14.6. The molecule has 0 bridgehead atoms. The molecule has 20 heavy (non-hydrogen) atoms. The lowest BCUT2D eigenvalue weighted by Gasteiger charge is -2.55. The molecule has 2 aliphatic rings. The van der Waals surface area contributed by atoms with Gasteiger partial charge in [0.05, 0.1) is 0 Å². The summed E-state index contributed by atoms with van der Waals surface area (Å²) in [7, 11) is 0. The zero-order chi connectivity index (χ0) is 15.0. The second-order valence-electron chi connectivity index (χ2n) is 8.22. The molecule has 0 aromatic rings. The highest BCUT2D eigenvalue weighted by Gasteiger charge is 2.49. The molecule has 0 heterocycles. The van der Waals surface area contributed by atoms with Gasteiger partial charge >= 0.3 is 0 Å². The molecule has 114 valence electrons. The zero-order valence-corrected chi connectivity index (χ0v) is 14.6. The Kier molecular flexibility index (Phi) is 4.52. The van der Waals surface area contributed by atoms with E-state index in [0.717, 1.165) is 5.92 Å². The minimum absolute atomic E-state index is 0.467. The van der Waals surface area contributed by atoms with Gasteiger partial charge in [0.2, 0.25) is 0 Å². The Bertz CT molecular complexity index is 421. The Morgan fingerprint density at radius 1 is 1.25 bits per heavy atom. The number of rotatable bonds is 3. The minimum Gasteiger partial charge on any atom is -0.0815 e. The fourth-order valence-corrected chi connectivity index (χ4v) is 5.02. The highest BCUT2D eigenvalue weighted by Crippen LogP contribution is 2.60. The molecule has 0 aromatic heterocycles. The SMILES string of the molecule is CC/C(C)=C/CC1=C(C)CCC2C(C)(C)CCC[C@]12C. The number of hydrogen-bond acceptors (Lipinski definition) is 0. The summed E-state index contributed by atoms with van der Waals surface area (Å²) in [6.45, 7) is 14.5. The number of hydrogen-bond donors (Lipinski definition) is 0. The van der Waals surface area contributed by atoms with Gasteiger partial charge in [0.1, 0.15) is 0 Å². The van der Waals surface area contributed by atoms with E-state index in [1.165, 1.54) is 44.9 Å². The first-order chi connectivity index (χ1) is 9.31. The van der Waals surface area contributed by atoms with Crippen molar-refractivity contribution in [3.8, 4) is 0 Å². The van der Waals surface area contributed by atoms with Crippen molar-refractivity contribution in [2.24, 2.45) is 16.7 Å². The standard InChI is InChI=1S/C20H34/c1-7-15(2)9-11-17-16(3)10-12-18-19(4,5)13-8-14-20(17,18)6/h9,18H,7-8,10-14H2,1-6H3/b15-9+/t18?,20-/m1/s1. The molecule has 2 atom stereocenters. The predicted molar refractivity (Wildman–Crippen MR) is 89.8 cm³/mol. The average molecular weight is 274 g/mol. The van der Waals surface area contributed by atoms with Crippen molar-refractivity contribution >= 4 is 0 Å². The fourth-order valence-electron chi connectivity index (χ4n) is 5.02. The maximum atomic E-state index is 2.58. The largest absolute Gasteiger partial charge is 0.0815 e. The Hall–Kier alpha value is -0.520. The van der Waals surface area contributed by atoms with Crippen LogP contribution in [-0.4, -0.2) is 0 Å². The first-order valence-electron chi connectivity index (χ1n) is 8.66. The molecule has 0 aliphatic heterocycles. The van der Waals surface area contributed by atoms with Crippen LogP contribution in [0, 0.1) is 16.7 Å². The summed E-state index contributed by atoms with van der Waals surface area (Å²) in [4.78, 5) is 0. The Labute approximate surface area is 126 Å². The molecule has 0 heteroatoms. The first kappa shape index (κ1) is 15.9. The van der Waals surface area contributed by atoms with E-state index in [1.807, 2.05) is 0 Å². The highest BCUT2D eigenvalue weighted by atomic mass is 14.5. The van der Waals surface area contributed by atoms with Gasteiger partial charge in [0.25, 0.3) is 0 Å². The minimum atomic E-state index is 0.467. The molecule has 2 rings (SSSR count). The molecule has 1 unspecified atom stereocenters. The average Bonchev–Trinajstić information content (AvgIpc) is 2.36. The van der Waals surface area contributed by atoms with Crippen LogP contribution in [0.4, 0.5) is 0 Å². The molecule has 1 fully saturated rings. The van der Waals surface area contributed by atoms with Crippen LogP contribution in [0.2, 0.25) is 0 Å². The van der Waals surface area contributed by atoms with Crippen LogP contribution in [-0.2, 0) is 0 Å². The summed E-state index contributed by atoms with van der Waals surface area (Å²) >= 11 is 0. The van der Waals surface area contributed by atoms with Gasteiger partial charge in [-0.1, -0.05) is 56.9 Å². The van der Waals surface area contributed by atoms with E-state index in [-0.39, 0.29) is 0 Å². The maximum Gasteiger partial charge on any atom is -0.00773 e. The van der Waals surface area contributed by atoms with Gasteiger partial charge in [-0.05, 0) is 69.1 Å². The molecule has 0 amide bonds. The molecule has 0 nitrogen and oxygen atoms in total. The quantitative estimate of drug-likeness (QED) is 0.504.